The van der Waals surface area contributed by atoms with Crippen LogP contribution in [0.15, 0.2) is 9.59 Å². The van der Waals surface area contributed by atoms with Crippen molar-refractivity contribution >= 4 is 11.7 Å². The number of aromatic amines is 2. The van der Waals surface area contributed by atoms with Gasteiger partial charge >= 0.3 is 5.69 Å². The van der Waals surface area contributed by atoms with Crippen LogP contribution >= 0.6 is 0 Å². The van der Waals surface area contributed by atoms with Crippen LogP contribution in [-0.4, -0.2) is 27.1 Å². The Bertz CT molecular complexity index is 447. The van der Waals surface area contributed by atoms with Crippen LogP contribution in [-0.2, 0) is 4.79 Å². The van der Waals surface area contributed by atoms with Crippen molar-refractivity contribution in [1.82, 2.24) is 15.2 Å². The first-order chi connectivity index (χ1) is 6.50. The molecule has 0 saturated heterocycles. The average Bonchev–Trinajstić information content (AvgIpc) is 2.09. The van der Waals surface area contributed by atoms with Crippen LogP contribution in [0.3, 0.4) is 0 Å². The Kier molecular flexibility index (Phi) is 2.65. The second kappa shape index (κ2) is 3.73. The number of primary amides is 1. The molecule has 8 heteroatoms. The molecule has 1 rings (SSSR count). The van der Waals surface area contributed by atoms with Gasteiger partial charge in [-0.3, -0.25) is 14.6 Å². The van der Waals surface area contributed by atoms with Gasteiger partial charge in [-0.2, -0.15) is 0 Å². The van der Waals surface area contributed by atoms with Crippen molar-refractivity contribution in [3.05, 3.63) is 20.8 Å². The number of nitrogens with two attached hydrogens (primary N) is 1. The first-order valence-corrected chi connectivity index (χ1v) is 3.75. The number of hydrogen-bond donors (Lipinski definition) is 4. The third kappa shape index (κ3) is 2.19. The molecule has 0 radical (unpaired) electrons. The summed E-state index contributed by atoms with van der Waals surface area (Å²) in [7, 11) is 0. The molecule has 0 aromatic carbocycles. The standard InChI is InChI=1S/C6H9N5O3/c1-2(3(7)12)8-4-5(13)9-6(14)11-10-4/h2H,1H3,(H2,7,12)(H,8,10)(H2,9,11,13,14). The van der Waals surface area contributed by atoms with Crippen molar-refractivity contribution < 1.29 is 4.79 Å². The van der Waals surface area contributed by atoms with Crippen molar-refractivity contribution in [2.75, 3.05) is 5.32 Å². The van der Waals surface area contributed by atoms with Crippen molar-refractivity contribution in [2.24, 2.45) is 5.73 Å². The van der Waals surface area contributed by atoms with E-state index in [1.165, 1.54) is 6.92 Å². The zero-order valence-electron chi connectivity index (χ0n) is 7.33. The average molecular weight is 199 g/mol. The molecule has 1 atom stereocenters. The Hall–Kier alpha value is -2.12. The minimum atomic E-state index is -0.741. The zero-order valence-corrected chi connectivity index (χ0v) is 7.33. The quantitative estimate of drug-likeness (QED) is 0.436. The Balaban J connectivity index is 2.93. The minimum Gasteiger partial charge on any atom is -0.368 e. The van der Waals surface area contributed by atoms with Gasteiger partial charge in [0.15, 0.2) is 0 Å². The van der Waals surface area contributed by atoms with E-state index in [0.29, 0.717) is 0 Å². The maximum atomic E-state index is 11.0. The van der Waals surface area contributed by atoms with Gasteiger partial charge in [0.1, 0.15) is 6.04 Å². The van der Waals surface area contributed by atoms with E-state index in [4.69, 9.17) is 5.73 Å². The minimum absolute atomic E-state index is 0.157. The lowest BCUT2D eigenvalue weighted by atomic mass is 10.3. The Morgan fingerprint density at radius 1 is 1.57 bits per heavy atom. The van der Waals surface area contributed by atoms with Crippen molar-refractivity contribution in [2.45, 2.75) is 13.0 Å². The molecule has 0 saturated carbocycles. The summed E-state index contributed by atoms with van der Waals surface area (Å²) in [4.78, 5) is 34.2. The van der Waals surface area contributed by atoms with E-state index in [9.17, 15) is 14.4 Å². The molecular formula is C6H9N5O3. The number of amides is 1. The second-order valence-electron chi connectivity index (χ2n) is 2.62. The Labute approximate surface area is 77.5 Å². The van der Waals surface area contributed by atoms with Crippen LogP contribution in [0.2, 0.25) is 0 Å². The van der Waals surface area contributed by atoms with Gasteiger partial charge in [-0.25, -0.2) is 9.89 Å². The van der Waals surface area contributed by atoms with E-state index in [-0.39, 0.29) is 5.82 Å². The van der Waals surface area contributed by atoms with Crippen LogP contribution in [0.5, 0.6) is 0 Å². The van der Waals surface area contributed by atoms with Gasteiger partial charge < -0.3 is 11.1 Å². The molecule has 0 aliphatic carbocycles. The normalized spacial score (nSPS) is 12.1. The van der Waals surface area contributed by atoms with E-state index in [1.54, 1.807) is 0 Å². The van der Waals surface area contributed by atoms with E-state index in [1.807, 2.05) is 10.1 Å². The second-order valence-corrected chi connectivity index (χ2v) is 2.62. The van der Waals surface area contributed by atoms with E-state index in [2.05, 4.69) is 10.4 Å². The number of aromatic nitrogens is 3. The van der Waals surface area contributed by atoms with Gasteiger partial charge in [0.2, 0.25) is 11.7 Å². The fraction of sp³-hybridized carbons (Fsp3) is 0.333. The summed E-state index contributed by atoms with van der Waals surface area (Å²) in [5, 5.41) is 7.85. The molecular weight excluding hydrogens is 190 g/mol. The lowest BCUT2D eigenvalue weighted by molar-refractivity contribution is -0.118. The molecule has 0 spiro atoms. The van der Waals surface area contributed by atoms with Gasteiger partial charge in [0, 0.05) is 0 Å². The highest BCUT2D eigenvalue weighted by molar-refractivity contribution is 5.81. The topological polar surface area (TPSA) is 134 Å². The fourth-order valence-corrected chi connectivity index (χ4v) is 0.722. The SMILES string of the molecule is CC(Nc1n[nH]c(=O)[nH]c1=O)C(N)=O. The molecule has 14 heavy (non-hydrogen) atoms. The number of anilines is 1. The Morgan fingerprint density at radius 2 is 2.21 bits per heavy atom. The van der Waals surface area contributed by atoms with Gasteiger partial charge in [-0.1, -0.05) is 0 Å². The smallest absolute Gasteiger partial charge is 0.342 e. The zero-order chi connectivity index (χ0) is 10.7. The third-order valence-corrected chi connectivity index (χ3v) is 1.49. The number of hydrogen-bond acceptors (Lipinski definition) is 5. The van der Waals surface area contributed by atoms with Crippen LogP contribution in [0.1, 0.15) is 6.92 Å². The van der Waals surface area contributed by atoms with Crippen LogP contribution < -0.4 is 22.3 Å². The molecule has 0 fully saturated rings. The largest absolute Gasteiger partial charge is 0.368 e. The van der Waals surface area contributed by atoms with Crippen LogP contribution in [0, 0.1) is 0 Å². The lowest BCUT2D eigenvalue weighted by Gasteiger charge is -2.08. The summed E-state index contributed by atoms with van der Waals surface area (Å²) >= 11 is 0. The first-order valence-electron chi connectivity index (χ1n) is 3.75. The maximum Gasteiger partial charge on any atom is 0.342 e. The van der Waals surface area contributed by atoms with Gasteiger partial charge in [0.25, 0.3) is 5.56 Å². The summed E-state index contributed by atoms with van der Waals surface area (Å²) < 4.78 is 0. The monoisotopic (exact) mass is 199 g/mol. The fourth-order valence-electron chi connectivity index (χ4n) is 0.722. The highest BCUT2D eigenvalue weighted by Gasteiger charge is 2.11. The summed E-state index contributed by atoms with van der Waals surface area (Å²) in [6, 6.07) is -0.741. The van der Waals surface area contributed by atoms with E-state index < -0.39 is 23.2 Å². The number of H-pyrrole nitrogens is 2. The van der Waals surface area contributed by atoms with Gasteiger partial charge in [0.05, 0.1) is 0 Å². The molecule has 1 aromatic heterocycles. The summed E-state index contributed by atoms with van der Waals surface area (Å²) in [6.07, 6.45) is 0. The number of carbonyl (C=O) groups is 1. The number of carbonyl (C=O) groups excluding carboxylic acids is 1. The molecule has 1 aromatic rings. The number of nitrogens with zero attached hydrogens (tertiary/aromatic N) is 1. The first kappa shape index (κ1) is 9.96. The molecule has 76 valence electrons. The molecule has 1 unspecified atom stereocenters. The van der Waals surface area contributed by atoms with Crippen LogP contribution in [0.4, 0.5) is 5.82 Å². The Morgan fingerprint density at radius 3 is 2.71 bits per heavy atom. The van der Waals surface area contributed by atoms with Crippen molar-refractivity contribution in [3.63, 3.8) is 0 Å². The molecule has 8 nitrogen and oxygen atoms in total. The summed E-state index contributed by atoms with van der Waals surface area (Å²) in [6.45, 7) is 1.47. The lowest BCUT2D eigenvalue weighted by Crippen LogP contribution is -2.36. The molecule has 0 bridgehead atoms. The molecule has 1 amide bonds. The van der Waals surface area contributed by atoms with E-state index >= 15 is 0 Å². The molecule has 0 aliphatic rings. The number of rotatable bonds is 3. The summed E-state index contributed by atoms with van der Waals surface area (Å²) in [5.74, 6) is -0.784. The van der Waals surface area contributed by atoms with Crippen molar-refractivity contribution in [1.29, 1.82) is 0 Å². The highest BCUT2D eigenvalue weighted by atomic mass is 16.2. The number of nitrogens with one attached hydrogen (secondary N) is 3. The third-order valence-electron chi connectivity index (χ3n) is 1.49. The molecule has 5 N–H and O–H groups in total. The van der Waals surface area contributed by atoms with Gasteiger partial charge in [-0.15, -0.1) is 5.10 Å². The molecule has 1 heterocycles. The summed E-state index contributed by atoms with van der Waals surface area (Å²) in [5.41, 5.74) is 3.53. The van der Waals surface area contributed by atoms with Gasteiger partial charge in [-0.05, 0) is 6.92 Å². The van der Waals surface area contributed by atoms with E-state index in [0.717, 1.165) is 0 Å². The van der Waals surface area contributed by atoms with Crippen molar-refractivity contribution in [3.8, 4) is 0 Å². The predicted octanol–water partition coefficient (Wildman–Crippen LogP) is -2.26. The maximum absolute atomic E-state index is 11.0. The highest BCUT2D eigenvalue weighted by Crippen LogP contribution is 1.91. The van der Waals surface area contributed by atoms with Crippen LogP contribution in [0.25, 0.3) is 0 Å². The predicted molar refractivity (Wildman–Crippen MR) is 47.8 cm³/mol. The molecule has 0 aliphatic heterocycles.